The molecule has 6 heterocycles. The minimum atomic E-state index is -0.732. The molecule has 16 heteroatoms. The Morgan fingerprint density at radius 3 is 2.02 bits per heavy atom. The summed E-state index contributed by atoms with van der Waals surface area (Å²) in [5, 5.41) is 16.7. The number of imidazole rings is 2. The van der Waals surface area contributed by atoms with Crippen molar-refractivity contribution < 1.29 is 29.0 Å². The molecular formula is C42H50N10O6. The van der Waals surface area contributed by atoms with Crippen molar-refractivity contribution in [2.24, 2.45) is 11.8 Å². The zero-order valence-electron chi connectivity index (χ0n) is 33.3. The molecule has 2 aliphatic heterocycles. The minimum Gasteiger partial charge on any atom is -0.453 e. The van der Waals surface area contributed by atoms with E-state index in [1.165, 1.54) is 7.11 Å². The first-order chi connectivity index (χ1) is 27.9. The van der Waals surface area contributed by atoms with Crippen LogP contribution in [0.15, 0.2) is 48.7 Å². The first-order valence-electron chi connectivity index (χ1n) is 20.0. The number of alkyl carbamates (subject to hydrolysis) is 1. The number of aliphatic hydroxyl groups excluding tert-OH is 1. The van der Waals surface area contributed by atoms with Crippen LogP contribution in [0.25, 0.3) is 55.5 Å². The first kappa shape index (κ1) is 38.7. The second-order valence-corrected chi connectivity index (χ2v) is 16.1. The Labute approximate surface area is 334 Å². The van der Waals surface area contributed by atoms with E-state index in [1.807, 2.05) is 39.8 Å². The van der Waals surface area contributed by atoms with Crippen LogP contribution in [0.3, 0.4) is 0 Å². The molecule has 16 nitrogen and oxygen atoms in total. The van der Waals surface area contributed by atoms with Crippen molar-refractivity contribution in [3.63, 3.8) is 0 Å². The van der Waals surface area contributed by atoms with Crippen molar-refractivity contribution >= 4 is 56.7 Å². The number of likely N-dealkylation sites (tertiary alicyclic amines) is 2. The summed E-state index contributed by atoms with van der Waals surface area (Å²) in [5.41, 5.74) is 7.22. The summed E-state index contributed by atoms with van der Waals surface area (Å²) in [4.78, 5) is 78.4. The molecule has 7 N–H and O–H groups in total. The standard InChI is InChI=1S/C42H50N10O6/c1-21(2)36(49-35(54)20-53)40(55)52-13-7-9-34(52)39-46-26-11-10-23(15-30(26)47-39)27-16-24-14-25-17-31(45-29(25)18-28(24)44-27)32-19-43-38(48-32)33-8-6-12-51(33)41(56)37(22(3)4)50-42(57)58-5/h10-11,14-19,21-22,33-34,36-37,44-45,53H,6-9,12-13,20H2,1-5H3,(H,43,48)(H,46,47)(H,49,54)(H,50,57)/t33?,34?,36-,37+/m0/s1. The van der Waals surface area contributed by atoms with Gasteiger partial charge in [-0.15, -0.1) is 0 Å². The van der Waals surface area contributed by atoms with Crippen molar-refractivity contribution in [2.45, 2.75) is 77.5 Å². The highest BCUT2D eigenvalue weighted by Crippen LogP contribution is 2.36. The van der Waals surface area contributed by atoms with E-state index in [0.717, 1.165) is 81.2 Å². The molecule has 2 aromatic carbocycles. The van der Waals surface area contributed by atoms with Gasteiger partial charge in [-0.3, -0.25) is 14.4 Å². The number of fused-ring (bicyclic) bond motifs is 3. The van der Waals surface area contributed by atoms with Crippen LogP contribution >= 0.6 is 0 Å². The highest BCUT2D eigenvalue weighted by atomic mass is 16.5. The van der Waals surface area contributed by atoms with Crippen LogP contribution in [-0.2, 0) is 19.1 Å². The maximum absolute atomic E-state index is 13.6. The van der Waals surface area contributed by atoms with Crippen molar-refractivity contribution in [1.29, 1.82) is 0 Å². The van der Waals surface area contributed by atoms with Crippen molar-refractivity contribution in [1.82, 2.24) is 50.3 Å². The number of ether oxygens (including phenoxy) is 1. The maximum atomic E-state index is 13.6. The summed E-state index contributed by atoms with van der Waals surface area (Å²) >= 11 is 0. The number of carbonyl (C=O) groups excluding carboxylic acids is 4. The molecule has 4 aromatic heterocycles. The van der Waals surface area contributed by atoms with Crippen LogP contribution in [0.4, 0.5) is 4.79 Å². The summed E-state index contributed by atoms with van der Waals surface area (Å²) in [6.45, 7) is 8.03. The number of carbonyl (C=O) groups is 4. The third-order valence-electron chi connectivity index (χ3n) is 11.5. The van der Waals surface area contributed by atoms with Gasteiger partial charge in [-0.2, -0.15) is 0 Å². The number of hydrogen-bond donors (Lipinski definition) is 7. The van der Waals surface area contributed by atoms with Gasteiger partial charge in [0.25, 0.3) is 0 Å². The molecule has 8 rings (SSSR count). The minimum absolute atomic E-state index is 0.115. The third-order valence-corrected chi connectivity index (χ3v) is 11.5. The molecule has 0 radical (unpaired) electrons. The largest absolute Gasteiger partial charge is 0.453 e. The lowest BCUT2D eigenvalue weighted by molar-refractivity contribution is -0.139. The summed E-state index contributed by atoms with van der Waals surface area (Å²) in [6, 6.07) is 12.6. The van der Waals surface area contributed by atoms with Crippen molar-refractivity contribution in [3.05, 3.63) is 60.3 Å². The molecule has 0 spiro atoms. The van der Waals surface area contributed by atoms with Crippen LogP contribution < -0.4 is 10.6 Å². The average Bonchev–Trinajstić information content (AvgIpc) is 4.06. The number of aliphatic hydroxyl groups is 1. The first-order valence-corrected chi connectivity index (χ1v) is 20.0. The molecule has 2 unspecified atom stereocenters. The number of H-pyrrole nitrogens is 4. The predicted octanol–water partition coefficient (Wildman–Crippen LogP) is 5.42. The van der Waals surface area contributed by atoms with Gasteiger partial charge in [-0.05, 0) is 73.9 Å². The number of methoxy groups -OCH3 is 1. The summed E-state index contributed by atoms with van der Waals surface area (Å²) in [5.74, 6) is 0.262. The van der Waals surface area contributed by atoms with Gasteiger partial charge in [0.15, 0.2) is 0 Å². The molecule has 4 amide bonds. The Morgan fingerprint density at radius 1 is 0.759 bits per heavy atom. The van der Waals surface area contributed by atoms with E-state index in [4.69, 9.17) is 14.7 Å². The molecule has 2 fully saturated rings. The molecule has 2 aliphatic rings. The van der Waals surface area contributed by atoms with E-state index in [9.17, 15) is 24.3 Å². The fourth-order valence-corrected chi connectivity index (χ4v) is 8.48. The van der Waals surface area contributed by atoms with Gasteiger partial charge in [-0.1, -0.05) is 33.8 Å². The Bertz CT molecular complexity index is 2460. The molecule has 6 aromatic rings. The number of rotatable bonds is 11. The topological polar surface area (TPSA) is 217 Å². The number of benzene rings is 2. The zero-order valence-corrected chi connectivity index (χ0v) is 33.3. The van der Waals surface area contributed by atoms with Gasteiger partial charge in [-0.25, -0.2) is 14.8 Å². The molecule has 0 bridgehead atoms. The van der Waals surface area contributed by atoms with E-state index in [-0.39, 0.29) is 35.7 Å². The summed E-state index contributed by atoms with van der Waals surface area (Å²) < 4.78 is 4.77. The number of aromatic amines is 4. The average molecular weight is 791 g/mol. The fraction of sp³-hybridized carbons (Fsp3) is 0.429. The lowest BCUT2D eigenvalue weighted by Crippen LogP contribution is -2.51. The van der Waals surface area contributed by atoms with E-state index in [0.29, 0.717) is 24.7 Å². The normalized spacial score (nSPS) is 18.2. The lowest BCUT2D eigenvalue weighted by Gasteiger charge is -2.30. The molecule has 4 atom stereocenters. The quantitative estimate of drug-likeness (QED) is 0.0897. The molecule has 58 heavy (non-hydrogen) atoms. The highest BCUT2D eigenvalue weighted by molar-refractivity contribution is 6.00. The van der Waals surface area contributed by atoms with Crippen LogP contribution in [-0.4, -0.2) is 108 Å². The molecule has 0 saturated carbocycles. The second-order valence-electron chi connectivity index (χ2n) is 16.1. The summed E-state index contributed by atoms with van der Waals surface area (Å²) in [7, 11) is 1.29. The van der Waals surface area contributed by atoms with Gasteiger partial charge in [0, 0.05) is 46.2 Å². The van der Waals surface area contributed by atoms with Crippen LogP contribution in [0, 0.1) is 11.8 Å². The van der Waals surface area contributed by atoms with Crippen molar-refractivity contribution in [2.75, 3.05) is 26.8 Å². The van der Waals surface area contributed by atoms with Crippen LogP contribution in [0.5, 0.6) is 0 Å². The number of amides is 4. The summed E-state index contributed by atoms with van der Waals surface area (Å²) in [6.07, 6.45) is 4.34. The van der Waals surface area contributed by atoms with Gasteiger partial charge >= 0.3 is 6.09 Å². The molecule has 0 aliphatic carbocycles. The van der Waals surface area contributed by atoms with E-state index in [1.54, 1.807) is 16.0 Å². The van der Waals surface area contributed by atoms with Crippen LogP contribution in [0.1, 0.15) is 77.1 Å². The van der Waals surface area contributed by atoms with E-state index >= 15 is 0 Å². The number of nitrogens with one attached hydrogen (secondary N) is 6. The Kier molecular flexibility index (Phi) is 10.4. The molecular weight excluding hydrogens is 741 g/mol. The number of hydrogen-bond acceptors (Lipinski definition) is 8. The van der Waals surface area contributed by atoms with E-state index < -0.39 is 30.7 Å². The Balaban J connectivity index is 0.995. The van der Waals surface area contributed by atoms with Crippen molar-refractivity contribution in [3.8, 4) is 22.6 Å². The Hall–Kier alpha value is -6.16. The van der Waals surface area contributed by atoms with E-state index in [2.05, 4.69) is 60.9 Å². The highest BCUT2D eigenvalue weighted by Gasteiger charge is 2.39. The monoisotopic (exact) mass is 790 g/mol. The van der Waals surface area contributed by atoms with Gasteiger partial charge < -0.3 is 50.2 Å². The SMILES string of the molecule is COC(=O)N[C@@H](C(=O)N1CCCC1c1ncc(-c2cc3cc4cc(-c5ccc6nc(C7CCCN7C(=O)[C@@H](NC(=O)CO)C(C)C)[nH]c6c5)[nH]c4cc3[nH]2)[nH]1)C(C)C. The third kappa shape index (κ3) is 7.27. The fourth-order valence-electron chi connectivity index (χ4n) is 8.48. The lowest BCUT2D eigenvalue weighted by atomic mass is 10.0. The second kappa shape index (κ2) is 15.6. The Morgan fingerprint density at radius 2 is 1.38 bits per heavy atom. The van der Waals surface area contributed by atoms with Gasteiger partial charge in [0.2, 0.25) is 17.7 Å². The number of nitrogens with zero attached hydrogens (tertiary/aromatic N) is 4. The zero-order chi connectivity index (χ0) is 40.8. The van der Waals surface area contributed by atoms with Gasteiger partial charge in [0.1, 0.15) is 30.3 Å². The predicted molar refractivity (Wildman–Crippen MR) is 218 cm³/mol. The maximum Gasteiger partial charge on any atom is 0.407 e. The molecule has 304 valence electrons. The smallest absolute Gasteiger partial charge is 0.407 e. The van der Waals surface area contributed by atoms with Crippen LogP contribution in [0.2, 0.25) is 0 Å². The van der Waals surface area contributed by atoms with Gasteiger partial charge in [0.05, 0.1) is 47.8 Å². The molecule has 2 saturated heterocycles. The number of aromatic nitrogens is 6.